The second-order valence-electron chi connectivity index (χ2n) is 4.73. The molecule has 2 aromatic carbocycles. The van der Waals surface area contributed by atoms with Crippen LogP contribution in [-0.2, 0) is 10.1 Å². The van der Waals surface area contributed by atoms with E-state index in [4.69, 9.17) is 0 Å². The summed E-state index contributed by atoms with van der Waals surface area (Å²) in [5.41, 5.74) is -4.10. The van der Waals surface area contributed by atoms with Crippen molar-refractivity contribution in [3.63, 3.8) is 0 Å². The van der Waals surface area contributed by atoms with Gasteiger partial charge in [-0.25, -0.2) is 0 Å². The van der Waals surface area contributed by atoms with E-state index in [1.807, 2.05) is 0 Å². The van der Waals surface area contributed by atoms with Gasteiger partial charge in [-0.05, 0) is 12.1 Å². The highest BCUT2D eigenvalue weighted by Crippen LogP contribution is 2.40. The van der Waals surface area contributed by atoms with Crippen molar-refractivity contribution in [2.24, 2.45) is 0 Å². The lowest BCUT2D eigenvalue weighted by atomic mass is 10.2. The molecule has 0 spiro atoms. The van der Waals surface area contributed by atoms with Gasteiger partial charge in [-0.3, -0.25) is 34.9 Å². The summed E-state index contributed by atoms with van der Waals surface area (Å²) in [6.07, 6.45) is 0. The Bertz CT molecular complexity index is 1000. The third kappa shape index (κ3) is 3.70. The molecule has 0 aliphatic rings. The van der Waals surface area contributed by atoms with Gasteiger partial charge in [-0.15, -0.1) is 0 Å². The number of non-ortho nitro benzene ring substituents is 1. The van der Waals surface area contributed by atoms with E-state index in [9.17, 15) is 43.3 Å². The van der Waals surface area contributed by atoms with Crippen LogP contribution < -0.4 is 5.32 Å². The highest BCUT2D eigenvalue weighted by atomic mass is 32.2. The number of nitro groups is 3. The van der Waals surface area contributed by atoms with Gasteiger partial charge >= 0.3 is 11.4 Å². The summed E-state index contributed by atoms with van der Waals surface area (Å²) in [5.74, 6) is 0. The van der Waals surface area contributed by atoms with Crippen molar-refractivity contribution >= 4 is 38.6 Å². The zero-order valence-electron chi connectivity index (χ0n) is 12.4. The van der Waals surface area contributed by atoms with E-state index in [1.165, 1.54) is 12.1 Å². The molecule has 0 amide bonds. The molecule has 2 aromatic rings. The first-order valence-electron chi connectivity index (χ1n) is 6.47. The van der Waals surface area contributed by atoms with Crippen LogP contribution in [0.4, 0.5) is 28.4 Å². The minimum Gasteiger partial charge on any atom is -0.343 e. The molecule has 26 heavy (non-hydrogen) atoms. The third-order valence-electron chi connectivity index (χ3n) is 3.11. The first-order chi connectivity index (χ1) is 12.0. The lowest BCUT2D eigenvalue weighted by Gasteiger charge is -2.10. The van der Waals surface area contributed by atoms with Crippen molar-refractivity contribution in [3.8, 4) is 0 Å². The molecule has 0 aliphatic heterocycles. The number of nitro benzene ring substituents is 3. The molecule has 0 aliphatic carbocycles. The van der Waals surface area contributed by atoms with Crippen molar-refractivity contribution in [2.45, 2.75) is 4.90 Å². The fourth-order valence-electron chi connectivity index (χ4n) is 2.05. The molecule has 0 aromatic heterocycles. The number of anilines is 2. The van der Waals surface area contributed by atoms with E-state index in [1.54, 1.807) is 0 Å². The van der Waals surface area contributed by atoms with Gasteiger partial charge in [0.15, 0.2) is 5.69 Å². The predicted octanol–water partition coefficient (Wildman–Crippen LogP) is 2.40. The van der Waals surface area contributed by atoms with Crippen molar-refractivity contribution in [3.05, 3.63) is 66.7 Å². The molecule has 14 heteroatoms. The third-order valence-corrected chi connectivity index (χ3v) is 4.02. The highest BCUT2D eigenvalue weighted by molar-refractivity contribution is 7.86. The highest BCUT2D eigenvalue weighted by Gasteiger charge is 2.31. The minimum atomic E-state index is -4.75. The first-order valence-corrected chi connectivity index (χ1v) is 7.91. The first kappa shape index (κ1) is 18.7. The minimum absolute atomic E-state index is 0.393. The van der Waals surface area contributed by atoms with E-state index in [0.717, 1.165) is 12.1 Å². The lowest BCUT2D eigenvalue weighted by molar-refractivity contribution is -0.401. The Morgan fingerprint density at radius 3 is 1.81 bits per heavy atom. The van der Waals surface area contributed by atoms with Crippen molar-refractivity contribution < 1.29 is 27.7 Å². The summed E-state index contributed by atoms with van der Waals surface area (Å²) >= 11 is 0. The van der Waals surface area contributed by atoms with Gasteiger partial charge in [0.25, 0.3) is 15.8 Å². The smallest absolute Gasteiger partial charge is 0.306 e. The van der Waals surface area contributed by atoms with Crippen LogP contribution >= 0.6 is 0 Å². The zero-order chi connectivity index (χ0) is 19.6. The molecule has 0 bridgehead atoms. The monoisotopic (exact) mass is 384 g/mol. The molecule has 0 radical (unpaired) electrons. The van der Waals surface area contributed by atoms with Crippen molar-refractivity contribution in [1.82, 2.24) is 0 Å². The number of hydrogen-bond acceptors (Lipinski definition) is 9. The molecule has 136 valence electrons. The van der Waals surface area contributed by atoms with Crippen molar-refractivity contribution in [2.75, 3.05) is 5.32 Å². The number of rotatable bonds is 6. The summed E-state index contributed by atoms with van der Waals surface area (Å²) in [4.78, 5) is 29.3. The SMILES string of the molecule is O=[N+]([O-])c1cc([N+](=O)[O-])c(Nc2ccccc2S(=O)(=O)O)c([N+](=O)[O-])c1. The number of para-hydroxylation sites is 1. The van der Waals surface area contributed by atoms with Crippen LogP contribution in [0.2, 0.25) is 0 Å². The van der Waals surface area contributed by atoms with Crippen LogP contribution in [0.3, 0.4) is 0 Å². The van der Waals surface area contributed by atoms with Crippen LogP contribution in [0.25, 0.3) is 0 Å². The van der Waals surface area contributed by atoms with Gasteiger partial charge in [0.05, 0.1) is 32.6 Å². The second kappa shape index (κ2) is 6.69. The normalized spacial score (nSPS) is 11.0. The van der Waals surface area contributed by atoms with Gasteiger partial charge in [0.2, 0.25) is 0 Å². The molecule has 0 saturated carbocycles. The maximum Gasteiger partial charge on any atom is 0.306 e. The quantitative estimate of drug-likeness (QED) is 0.423. The topological polar surface area (TPSA) is 196 Å². The maximum atomic E-state index is 11.4. The number of nitrogens with zero attached hydrogens (tertiary/aromatic N) is 3. The van der Waals surface area contributed by atoms with Gasteiger partial charge in [-0.2, -0.15) is 8.42 Å². The Morgan fingerprint density at radius 1 is 0.885 bits per heavy atom. The van der Waals surface area contributed by atoms with Gasteiger partial charge < -0.3 is 5.32 Å². The van der Waals surface area contributed by atoms with Gasteiger partial charge in [0.1, 0.15) is 4.90 Å². The summed E-state index contributed by atoms with van der Waals surface area (Å²) in [5, 5.41) is 35.4. The Kier molecular flexibility index (Phi) is 4.81. The van der Waals surface area contributed by atoms with Gasteiger partial charge in [-0.1, -0.05) is 12.1 Å². The average Bonchev–Trinajstić information content (AvgIpc) is 2.53. The van der Waals surface area contributed by atoms with Crippen LogP contribution in [-0.4, -0.2) is 27.7 Å². The summed E-state index contributed by atoms with van der Waals surface area (Å²) < 4.78 is 32.0. The molecule has 2 rings (SSSR count). The van der Waals surface area contributed by atoms with E-state index in [0.29, 0.717) is 12.1 Å². The summed E-state index contributed by atoms with van der Waals surface area (Å²) in [6, 6.07) is 5.59. The Morgan fingerprint density at radius 2 is 1.38 bits per heavy atom. The molecular weight excluding hydrogens is 376 g/mol. The molecule has 0 unspecified atom stereocenters. The number of hydrogen-bond donors (Lipinski definition) is 2. The zero-order valence-corrected chi connectivity index (χ0v) is 13.2. The summed E-state index contributed by atoms with van der Waals surface area (Å²) in [6.45, 7) is 0. The molecule has 13 nitrogen and oxygen atoms in total. The van der Waals surface area contributed by atoms with Crippen LogP contribution in [0.5, 0.6) is 0 Å². The summed E-state index contributed by atoms with van der Waals surface area (Å²) in [7, 11) is -4.75. The standard InChI is InChI=1S/C12H8N4O9S/c17-14(18)7-5-9(15(19)20)12(10(6-7)16(21)22)13-8-3-1-2-4-11(8)26(23,24)25/h1-6,13H,(H,23,24,25). The Balaban J connectivity index is 2.76. The largest absolute Gasteiger partial charge is 0.343 e. The van der Waals surface area contributed by atoms with E-state index in [2.05, 4.69) is 5.32 Å². The number of benzene rings is 2. The van der Waals surface area contributed by atoms with Crippen LogP contribution in [0, 0.1) is 30.3 Å². The molecule has 0 saturated heterocycles. The molecular formula is C12H8N4O9S. The van der Waals surface area contributed by atoms with Crippen LogP contribution in [0.15, 0.2) is 41.3 Å². The lowest BCUT2D eigenvalue weighted by Crippen LogP contribution is -2.07. The Labute approximate surface area is 144 Å². The van der Waals surface area contributed by atoms with Crippen molar-refractivity contribution in [1.29, 1.82) is 0 Å². The Hall–Kier alpha value is -3.65. The fraction of sp³-hybridized carbons (Fsp3) is 0. The fourth-order valence-corrected chi connectivity index (χ4v) is 2.70. The molecule has 0 heterocycles. The van der Waals surface area contributed by atoms with E-state index in [-0.39, 0.29) is 0 Å². The van der Waals surface area contributed by atoms with E-state index < -0.39 is 58.2 Å². The van der Waals surface area contributed by atoms with E-state index >= 15 is 0 Å². The van der Waals surface area contributed by atoms with Crippen LogP contribution in [0.1, 0.15) is 0 Å². The maximum absolute atomic E-state index is 11.4. The predicted molar refractivity (Wildman–Crippen MR) is 85.9 cm³/mol. The molecule has 0 fully saturated rings. The molecule has 0 atom stereocenters. The number of nitrogens with one attached hydrogen (secondary N) is 1. The van der Waals surface area contributed by atoms with Gasteiger partial charge in [0, 0.05) is 0 Å². The second-order valence-corrected chi connectivity index (χ2v) is 6.12. The average molecular weight is 384 g/mol. The molecule has 2 N–H and O–H groups in total.